The number of nitrogens with zero attached hydrogens (tertiary/aromatic N) is 1. The highest BCUT2D eigenvalue weighted by Gasteiger charge is 2.13. The van der Waals surface area contributed by atoms with Crippen molar-refractivity contribution in [3.8, 4) is 0 Å². The van der Waals surface area contributed by atoms with Gasteiger partial charge in [0, 0.05) is 27.9 Å². The maximum absolute atomic E-state index is 6.32. The van der Waals surface area contributed by atoms with E-state index in [0.717, 1.165) is 28.0 Å². The van der Waals surface area contributed by atoms with Crippen LogP contribution in [0.15, 0.2) is 41.1 Å². The van der Waals surface area contributed by atoms with Gasteiger partial charge in [-0.2, -0.15) is 0 Å². The summed E-state index contributed by atoms with van der Waals surface area (Å²) >= 11 is 9.76. The van der Waals surface area contributed by atoms with Crippen molar-refractivity contribution in [2.75, 3.05) is 6.54 Å². The molecule has 2 nitrogen and oxygen atoms in total. The molecular weight excluding hydrogens is 336 g/mol. The maximum atomic E-state index is 6.32. The molecule has 1 heterocycles. The van der Waals surface area contributed by atoms with Crippen LogP contribution in [0.3, 0.4) is 0 Å². The van der Waals surface area contributed by atoms with Gasteiger partial charge in [0.25, 0.3) is 0 Å². The van der Waals surface area contributed by atoms with Gasteiger partial charge in [0.15, 0.2) is 0 Å². The van der Waals surface area contributed by atoms with Crippen LogP contribution in [-0.4, -0.2) is 11.5 Å². The second kappa shape index (κ2) is 7.21. The molecule has 0 saturated carbocycles. The summed E-state index contributed by atoms with van der Waals surface area (Å²) < 4.78 is 1.00. The predicted octanol–water partition coefficient (Wildman–Crippen LogP) is 4.70. The number of aryl methyl sites for hydroxylation is 1. The van der Waals surface area contributed by atoms with Crippen LogP contribution in [0.25, 0.3) is 0 Å². The van der Waals surface area contributed by atoms with Crippen molar-refractivity contribution in [3.05, 3.63) is 62.8 Å². The molecule has 0 radical (unpaired) electrons. The molecule has 1 N–H and O–H groups in total. The molecule has 0 amide bonds. The second-order valence-electron chi connectivity index (χ2n) is 4.85. The largest absolute Gasteiger partial charge is 0.310 e. The Balaban J connectivity index is 2.25. The van der Waals surface area contributed by atoms with E-state index in [-0.39, 0.29) is 6.04 Å². The quantitative estimate of drug-likeness (QED) is 0.843. The van der Waals surface area contributed by atoms with E-state index in [9.17, 15) is 0 Å². The standard InChI is InChI=1S/C16H18BrClN2/c1-3-20-16(13-6-11(2)9-19-10-13)7-12-4-5-14(17)8-15(12)18/h4-6,8-10,16,20H,3,7H2,1-2H3. The van der Waals surface area contributed by atoms with Crippen LogP contribution in [0.1, 0.15) is 29.7 Å². The van der Waals surface area contributed by atoms with E-state index < -0.39 is 0 Å². The lowest BCUT2D eigenvalue weighted by atomic mass is 9.99. The third-order valence-electron chi connectivity index (χ3n) is 3.19. The van der Waals surface area contributed by atoms with Gasteiger partial charge in [-0.1, -0.05) is 46.6 Å². The Morgan fingerprint density at radius 1 is 1.30 bits per heavy atom. The first-order valence-corrected chi connectivity index (χ1v) is 7.86. The Morgan fingerprint density at radius 3 is 2.75 bits per heavy atom. The predicted molar refractivity (Wildman–Crippen MR) is 88.2 cm³/mol. The summed E-state index contributed by atoms with van der Waals surface area (Å²) in [5.74, 6) is 0. The normalized spacial score (nSPS) is 12.4. The highest BCUT2D eigenvalue weighted by Crippen LogP contribution is 2.26. The highest BCUT2D eigenvalue weighted by molar-refractivity contribution is 9.10. The molecule has 20 heavy (non-hydrogen) atoms. The van der Waals surface area contributed by atoms with Crippen LogP contribution in [0.4, 0.5) is 0 Å². The summed E-state index contributed by atoms with van der Waals surface area (Å²) in [5, 5.41) is 4.30. The molecule has 1 atom stereocenters. The van der Waals surface area contributed by atoms with Crippen LogP contribution in [0.2, 0.25) is 5.02 Å². The minimum Gasteiger partial charge on any atom is -0.310 e. The first-order chi connectivity index (χ1) is 9.60. The Kier molecular flexibility index (Phi) is 5.58. The molecule has 0 saturated heterocycles. The lowest BCUT2D eigenvalue weighted by Gasteiger charge is -2.19. The first-order valence-electron chi connectivity index (χ1n) is 6.69. The molecule has 0 aliphatic carbocycles. The average molecular weight is 354 g/mol. The number of aromatic nitrogens is 1. The van der Waals surface area contributed by atoms with Crippen molar-refractivity contribution in [1.29, 1.82) is 0 Å². The Labute approximate surface area is 133 Å². The van der Waals surface area contributed by atoms with E-state index in [0.29, 0.717) is 0 Å². The minimum atomic E-state index is 0.228. The van der Waals surface area contributed by atoms with Crippen molar-refractivity contribution >= 4 is 27.5 Å². The summed E-state index contributed by atoms with van der Waals surface area (Å²) in [4.78, 5) is 4.29. The zero-order chi connectivity index (χ0) is 14.5. The molecule has 1 aromatic heterocycles. The number of pyridine rings is 1. The van der Waals surface area contributed by atoms with Gasteiger partial charge in [-0.15, -0.1) is 0 Å². The SMILES string of the molecule is CCNC(Cc1ccc(Br)cc1Cl)c1cncc(C)c1. The van der Waals surface area contributed by atoms with Gasteiger partial charge in [-0.05, 0) is 48.7 Å². The topological polar surface area (TPSA) is 24.9 Å². The summed E-state index contributed by atoms with van der Waals surface area (Å²) in [5.41, 5.74) is 3.51. The van der Waals surface area contributed by atoms with Gasteiger partial charge < -0.3 is 5.32 Å². The number of hydrogen-bond acceptors (Lipinski definition) is 2. The van der Waals surface area contributed by atoms with E-state index in [1.807, 2.05) is 24.5 Å². The molecule has 2 aromatic rings. The number of hydrogen-bond donors (Lipinski definition) is 1. The van der Waals surface area contributed by atoms with E-state index in [1.54, 1.807) is 0 Å². The van der Waals surface area contributed by atoms with Gasteiger partial charge >= 0.3 is 0 Å². The summed E-state index contributed by atoms with van der Waals surface area (Å²) in [7, 11) is 0. The van der Waals surface area contributed by atoms with Gasteiger partial charge in [0.05, 0.1) is 0 Å². The van der Waals surface area contributed by atoms with Crippen molar-refractivity contribution < 1.29 is 0 Å². The van der Waals surface area contributed by atoms with Crippen LogP contribution >= 0.6 is 27.5 Å². The molecule has 2 rings (SSSR count). The number of likely N-dealkylation sites (N-methyl/N-ethyl adjacent to an activating group) is 1. The second-order valence-corrected chi connectivity index (χ2v) is 6.17. The van der Waals surface area contributed by atoms with Gasteiger partial charge in [-0.25, -0.2) is 0 Å². The third kappa shape index (κ3) is 4.05. The number of halogens is 2. The van der Waals surface area contributed by atoms with Crippen molar-refractivity contribution in [2.24, 2.45) is 0 Å². The maximum Gasteiger partial charge on any atom is 0.0449 e. The van der Waals surface area contributed by atoms with Gasteiger partial charge in [0.2, 0.25) is 0 Å². The monoisotopic (exact) mass is 352 g/mol. The lowest BCUT2D eigenvalue weighted by Crippen LogP contribution is -2.23. The summed E-state index contributed by atoms with van der Waals surface area (Å²) in [6.45, 7) is 5.08. The van der Waals surface area contributed by atoms with Gasteiger partial charge in [0.1, 0.15) is 0 Å². The van der Waals surface area contributed by atoms with Crippen molar-refractivity contribution in [1.82, 2.24) is 10.3 Å². The Bertz CT molecular complexity index is 586. The number of benzene rings is 1. The molecule has 1 aromatic carbocycles. The van der Waals surface area contributed by atoms with Crippen molar-refractivity contribution in [3.63, 3.8) is 0 Å². The molecule has 0 fully saturated rings. The summed E-state index contributed by atoms with van der Waals surface area (Å²) in [6.07, 6.45) is 4.65. The third-order valence-corrected chi connectivity index (χ3v) is 4.03. The van der Waals surface area contributed by atoms with E-state index >= 15 is 0 Å². The van der Waals surface area contributed by atoms with Crippen LogP contribution in [0, 0.1) is 6.92 Å². The molecule has 4 heteroatoms. The number of nitrogens with one attached hydrogen (secondary N) is 1. The lowest BCUT2D eigenvalue weighted by molar-refractivity contribution is 0.548. The Morgan fingerprint density at radius 2 is 2.10 bits per heavy atom. The molecule has 0 spiro atoms. The fraction of sp³-hybridized carbons (Fsp3) is 0.312. The van der Waals surface area contributed by atoms with Crippen molar-refractivity contribution in [2.45, 2.75) is 26.3 Å². The molecule has 1 unspecified atom stereocenters. The van der Waals surface area contributed by atoms with Crippen LogP contribution in [0.5, 0.6) is 0 Å². The fourth-order valence-corrected chi connectivity index (χ4v) is 2.98. The number of rotatable bonds is 5. The van der Waals surface area contributed by atoms with E-state index in [1.165, 1.54) is 11.1 Å². The summed E-state index contributed by atoms with van der Waals surface area (Å²) in [6, 6.07) is 8.44. The molecule has 0 bridgehead atoms. The van der Waals surface area contributed by atoms with Crippen LogP contribution < -0.4 is 5.32 Å². The molecule has 0 aliphatic rings. The molecule has 0 aliphatic heterocycles. The molecular formula is C16H18BrClN2. The average Bonchev–Trinajstić information content (AvgIpc) is 2.41. The Hall–Kier alpha value is -0.900. The first kappa shape index (κ1) is 15.5. The zero-order valence-corrected chi connectivity index (χ0v) is 14.0. The fourth-order valence-electron chi connectivity index (χ4n) is 2.23. The highest BCUT2D eigenvalue weighted by atomic mass is 79.9. The smallest absolute Gasteiger partial charge is 0.0449 e. The van der Waals surface area contributed by atoms with E-state index in [2.05, 4.69) is 52.2 Å². The molecule has 106 valence electrons. The van der Waals surface area contributed by atoms with Gasteiger partial charge in [-0.3, -0.25) is 4.98 Å². The zero-order valence-electron chi connectivity index (χ0n) is 11.7. The minimum absolute atomic E-state index is 0.228. The van der Waals surface area contributed by atoms with E-state index in [4.69, 9.17) is 11.6 Å². The van der Waals surface area contributed by atoms with Crippen LogP contribution in [-0.2, 0) is 6.42 Å².